The number of aromatic nitrogens is 1. The van der Waals surface area contributed by atoms with E-state index in [2.05, 4.69) is 16.9 Å². The van der Waals surface area contributed by atoms with Crippen LogP contribution in [0.1, 0.15) is 25.6 Å². The summed E-state index contributed by atoms with van der Waals surface area (Å²) in [6.07, 6.45) is 1.65. The molecule has 0 aliphatic carbocycles. The number of amides is 4. The van der Waals surface area contributed by atoms with Gasteiger partial charge in [-0.1, -0.05) is 18.2 Å². The maximum atomic E-state index is 12.6. The minimum atomic E-state index is -0.526. The van der Waals surface area contributed by atoms with Gasteiger partial charge in [-0.3, -0.25) is 24.1 Å². The third-order valence-electron chi connectivity index (χ3n) is 5.71. The first kappa shape index (κ1) is 22.5. The molecule has 10 heteroatoms. The number of imide groups is 1. The van der Waals surface area contributed by atoms with E-state index in [-0.39, 0.29) is 23.6 Å². The summed E-state index contributed by atoms with van der Waals surface area (Å²) >= 11 is 1.27. The van der Waals surface area contributed by atoms with Crippen LogP contribution in [0.3, 0.4) is 0 Å². The Morgan fingerprint density at radius 1 is 1.14 bits per heavy atom. The van der Waals surface area contributed by atoms with Crippen LogP contribution in [0.25, 0.3) is 11.3 Å². The van der Waals surface area contributed by atoms with E-state index in [4.69, 9.17) is 4.74 Å². The maximum Gasteiger partial charge on any atom is 0.265 e. The van der Waals surface area contributed by atoms with Crippen LogP contribution in [0, 0.1) is 6.92 Å². The van der Waals surface area contributed by atoms with Gasteiger partial charge in [-0.15, -0.1) is 17.9 Å². The summed E-state index contributed by atoms with van der Waals surface area (Å²) in [6, 6.07) is 11.9. The van der Waals surface area contributed by atoms with Gasteiger partial charge in [-0.25, -0.2) is 4.98 Å². The molecular formula is C25H20N4O5S. The number of hydrogen-bond donors (Lipinski definition) is 1. The van der Waals surface area contributed by atoms with E-state index in [1.54, 1.807) is 41.3 Å². The normalized spacial score (nSPS) is 14.5. The lowest BCUT2D eigenvalue weighted by Crippen LogP contribution is -2.38. The van der Waals surface area contributed by atoms with Crippen LogP contribution in [0.5, 0.6) is 5.75 Å². The highest BCUT2D eigenvalue weighted by molar-refractivity contribution is 7.16. The number of rotatable bonds is 6. The molecule has 1 aromatic heterocycles. The number of carbonyl (C=O) groups excluding carboxylic acids is 4. The summed E-state index contributed by atoms with van der Waals surface area (Å²) in [5.41, 5.74) is 2.61. The van der Waals surface area contributed by atoms with Crippen LogP contribution in [-0.4, -0.2) is 53.2 Å². The van der Waals surface area contributed by atoms with Crippen molar-refractivity contribution in [3.63, 3.8) is 0 Å². The second kappa shape index (κ2) is 8.80. The summed E-state index contributed by atoms with van der Waals surface area (Å²) in [4.78, 5) is 57.9. The topological polar surface area (TPSA) is 109 Å². The predicted molar refractivity (Wildman–Crippen MR) is 131 cm³/mol. The highest BCUT2D eigenvalue weighted by atomic mass is 32.1. The molecule has 176 valence electrons. The van der Waals surface area contributed by atoms with E-state index in [1.165, 1.54) is 11.3 Å². The quantitative estimate of drug-likeness (QED) is 0.421. The van der Waals surface area contributed by atoms with Crippen molar-refractivity contribution in [1.29, 1.82) is 0 Å². The number of nitrogens with zero attached hydrogens (tertiary/aromatic N) is 3. The van der Waals surface area contributed by atoms with Crippen molar-refractivity contribution in [1.82, 2.24) is 9.88 Å². The summed E-state index contributed by atoms with van der Waals surface area (Å²) < 4.78 is 5.54. The van der Waals surface area contributed by atoms with E-state index < -0.39 is 24.3 Å². The number of fused-ring (bicyclic) bond motifs is 2. The van der Waals surface area contributed by atoms with Crippen molar-refractivity contribution < 1.29 is 23.9 Å². The van der Waals surface area contributed by atoms with Crippen molar-refractivity contribution in [2.24, 2.45) is 0 Å². The van der Waals surface area contributed by atoms with Gasteiger partial charge in [0.2, 0.25) is 5.91 Å². The van der Waals surface area contributed by atoms with Gasteiger partial charge >= 0.3 is 0 Å². The molecule has 0 spiro atoms. The zero-order valence-electron chi connectivity index (χ0n) is 18.7. The average molecular weight is 489 g/mol. The van der Waals surface area contributed by atoms with E-state index >= 15 is 0 Å². The Bertz CT molecular complexity index is 1380. The summed E-state index contributed by atoms with van der Waals surface area (Å²) in [5, 5.41) is 3.03. The molecule has 0 bridgehead atoms. The van der Waals surface area contributed by atoms with E-state index in [1.807, 2.05) is 19.1 Å². The van der Waals surface area contributed by atoms with Crippen LogP contribution in [0.4, 0.5) is 10.8 Å². The molecule has 2 aliphatic rings. The highest BCUT2D eigenvalue weighted by Crippen LogP contribution is 2.38. The van der Waals surface area contributed by atoms with Crippen molar-refractivity contribution in [2.75, 3.05) is 29.9 Å². The van der Waals surface area contributed by atoms with Gasteiger partial charge in [0.25, 0.3) is 17.7 Å². The standard InChI is InChI=1S/C25H20N4O5S/c1-3-10-28-18-11-15(8-9-19(18)34-13-21(28)31)22-14(2)35-25(27-22)26-20(30)12-29-23(32)16-6-4-5-7-17(16)24(29)33/h3-9,11H,1,10,12-13H2,2H3,(H,26,27,30). The first-order valence-electron chi connectivity index (χ1n) is 10.8. The molecule has 4 amide bonds. The molecule has 0 saturated heterocycles. The van der Waals surface area contributed by atoms with Crippen LogP contribution < -0.4 is 15.0 Å². The fraction of sp³-hybridized carbons (Fsp3) is 0.160. The molecule has 35 heavy (non-hydrogen) atoms. The summed E-state index contributed by atoms with van der Waals surface area (Å²) in [7, 11) is 0. The smallest absolute Gasteiger partial charge is 0.265 e. The molecule has 0 saturated carbocycles. The molecule has 0 fully saturated rings. The lowest BCUT2D eigenvalue weighted by atomic mass is 10.1. The van der Waals surface area contributed by atoms with Crippen molar-refractivity contribution in [3.8, 4) is 17.0 Å². The van der Waals surface area contributed by atoms with E-state index in [0.29, 0.717) is 28.8 Å². The number of hydrogen-bond acceptors (Lipinski definition) is 7. The van der Waals surface area contributed by atoms with Crippen molar-refractivity contribution >= 4 is 45.8 Å². The van der Waals surface area contributed by atoms with Gasteiger partial charge in [0.1, 0.15) is 12.3 Å². The Morgan fingerprint density at radius 2 is 1.86 bits per heavy atom. The Balaban J connectivity index is 1.34. The van der Waals surface area contributed by atoms with Gasteiger partial charge in [0.05, 0.1) is 22.5 Å². The lowest BCUT2D eigenvalue weighted by Gasteiger charge is -2.28. The fourth-order valence-electron chi connectivity index (χ4n) is 4.08. The molecule has 5 rings (SSSR count). The third-order valence-corrected chi connectivity index (χ3v) is 6.60. The SMILES string of the molecule is C=CCN1C(=O)COc2ccc(-c3nc(NC(=O)CN4C(=O)c5ccccc5C4=O)sc3C)cc21. The lowest BCUT2D eigenvalue weighted by molar-refractivity contribution is -0.121. The van der Waals surface area contributed by atoms with Gasteiger partial charge in [0.15, 0.2) is 11.7 Å². The molecule has 0 atom stereocenters. The van der Waals surface area contributed by atoms with Crippen molar-refractivity contribution in [2.45, 2.75) is 6.92 Å². The Labute approximate surface area is 204 Å². The number of ether oxygens (including phenoxy) is 1. The molecule has 2 aliphatic heterocycles. The molecule has 1 N–H and O–H groups in total. The number of carbonyl (C=O) groups is 4. The monoisotopic (exact) mass is 488 g/mol. The summed E-state index contributed by atoms with van der Waals surface area (Å²) in [5.74, 6) is -1.08. The van der Waals surface area contributed by atoms with Crippen LogP contribution in [0.15, 0.2) is 55.1 Å². The second-order valence-corrected chi connectivity index (χ2v) is 9.18. The number of aryl methyl sites for hydroxylation is 1. The maximum absolute atomic E-state index is 12.6. The minimum absolute atomic E-state index is 0.0286. The Morgan fingerprint density at radius 3 is 2.54 bits per heavy atom. The first-order chi connectivity index (χ1) is 16.9. The van der Waals surface area contributed by atoms with E-state index in [9.17, 15) is 19.2 Å². The molecule has 3 heterocycles. The highest BCUT2D eigenvalue weighted by Gasteiger charge is 2.36. The van der Waals surface area contributed by atoms with Crippen LogP contribution in [-0.2, 0) is 9.59 Å². The zero-order valence-corrected chi connectivity index (χ0v) is 19.6. The predicted octanol–water partition coefficient (Wildman–Crippen LogP) is 3.26. The molecule has 0 unspecified atom stereocenters. The molecule has 0 radical (unpaired) electrons. The number of anilines is 2. The number of benzene rings is 2. The molecular weight excluding hydrogens is 468 g/mol. The third kappa shape index (κ3) is 3.97. The van der Waals surface area contributed by atoms with Gasteiger partial charge in [-0.2, -0.15) is 0 Å². The Kier molecular flexibility index (Phi) is 5.65. The van der Waals surface area contributed by atoms with Crippen molar-refractivity contribution in [3.05, 3.63) is 71.1 Å². The average Bonchev–Trinajstić information content (AvgIpc) is 3.33. The van der Waals surface area contributed by atoms with Crippen LogP contribution >= 0.6 is 11.3 Å². The summed E-state index contributed by atoms with van der Waals surface area (Å²) in [6.45, 7) is 5.50. The molecule has 2 aromatic carbocycles. The number of nitrogens with one attached hydrogen (secondary N) is 1. The van der Waals surface area contributed by atoms with Crippen LogP contribution in [0.2, 0.25) is 0 Å². The van der Waals surface area contributed by atoms with Gasteiger partial charge in [-0.05, 0) is 37.3 Å². The first-order valence-corrected chi connectivity index (χ1v) is 11.6. The Hall–Kier alpha value is -4.31. The number of thiazole rings is 1. The zero-order chi connectivity index (χ0) is 24.7. The molecule has 9 nitrogen and oxygen atoms in total. The van der Waals surface area contributed by atoms with E-state index in [0.717, 1.165) is 15.3 Å². The minimum Gasteiger partial charge on any atom is -0.482 e. The van der Waals surface area contributed by atoms with Gasteiger partial charge in [0, 0.05) is 17.0 Å². The second-order valence-electron chi connectivity index (χ2n) is 7.98. The largest absolute Gasteiger partial charge is 0.482 e. The van der Waals surface area contributed by atoms with Gasteiger partial charge < -0.3 is 15.0 Å². The molecule has 3 aromatic rings. The fourth-order valence-corrected chi connectivity index (χ4v) is 4.93.